The first-order chi connectivity index (χ1) is 9.24. The molecule has 0 spiro atoms. The van der Waals surface area contributed by atoms with Crippen molar-refractivity contribution in [2.45, 2.75) is 19.9 Å². The summed E-state index contributed by atoms with van der Waals surface area (Å²) in [7, 11) is 0. The number of rotatable bonds is 3. The summed E-state index contributed by atoms with van der Waals surface area (Å²) in [6, 6.07) is 11.6. The van der Waals surface area contributed by atoms with Gasteiger partial charge in [0.05, 0.1) is 19.2 Å². The van der Waals surface area contributed by atoms with Gasteiger partial charge in [0.1, 0.15) is 11.5 Å². The second kappa shape index (κ2) is 4.72. The van der Waals surface area contributed by atoms with Crippen molar-refractivity contribution in [3.05, 3.63) is 59.5 Å². The number of hydrogen-bond donors (Lipinski definition) is 0. The van der Waals surface area contributed by atoms with E-state index in [0.29, 0.717) is 24.4 Å². The van der Waals surface area contributed by atoms with Crippen LogP contribution >= 0.6 is 0 Å². The van der Waals surface area contributed by atoms with Crippen molar-refractivity contribution in [3.8, 4) is 0 Å². The average molecular weight is 254 g/mol. The van der Waals surface area contributed by atoms with E-state index >= 15 is 0 Å². The second-order valence-electron chi connectivity index (χ2n) is 4.58. The highest BCUT2D eigenvalue weighted by atomic mass is 16.3. The molecule has 0 bridgehead atoms. The van der Waals surface area contributed by atoms with Gasteiger partial charge in [0.2, 0.25) is 5.91 Å². The third kappa shape index (κ3) is 2.29. The highest BCUT2D eigenvalue weighted by Crippen LogP contribution is 2.19. The van der Waals surface area contributed by atoms with Crippen LogP contribution in [-0.4, -0.2) is 16.6 Å². The fourth-order valence-electron chi connectivity index (χ4n) is 2.12. The lowest BCUT2D eigenvalue weighted by molar-refractivity contribution is -0.129. The Bertz CT molecular complexity index is 629. The maximum Gasteiger partial charge on any atom is 0.249 e. The fraction of sp³-hybridized carbons (Fsp3) is 0.200. The third-order valence-electron chi connectivity index (χ3n) is 3.23. The molecule has 0 saturated heterocycles. The second-order valence-corrected chi connectivity index (χ2v) is 4.58. The Balaban J connectivity index is 1.82. The van der Waals surface area contributed by atoms with Gasteiger partial charge in [-0.1, -0.05) is 24.3 Å². The summed E-state index contributed by atoms with van der Waals surface area (Å²) < 4.78 is 5.28. The lowest BCUT2D eigenvalue weighted by Crippen LogP contribution is -2.20. The molecule has 1 aromatic carbocycles. The van der Waals surface area contributed by atoms with Crippen LogP contribution in [0.3, 0.4) is 0 Å². The predicted octanol–water partition coefficient (Wildman–Crippen LogP) is 2.72. The van der Waals surface area contributed by atoms with E-state index in [9.17, 15) is 4.79 Å². The molecule has 0 aliphatic carbocycles. The predicted molar refractivity (Wildman–Crippen MR) is 71.6 cm³/mol. The topological polar surface area (TPSA) is 45.8 Å². The van der Waals surface area contributed by atoms with Crippen LogP contribution in [0.5, 0.6) is 0 Å². The summed E-state index contributed by atoms with van der Waals surface area (Å²) in [4.78, 5) is 12.0. The Hall–Kier alpha value is -2.36. The van der Waals surface area contributed by atoms with E-state index in [2.05, 4.69) is 5.10 Å². The van der Waals surface area contributed by atoms with Crippen molar-refractivity contribution in [2.75, 3.05) is 0 Å². The van der Waals surface area contributed by atoms with Gasteiger partial charge >= 0.3 is 0 Å². The van der Waals surface area contributed by atoms with Crippen molar-refractivity contribution < 1.29 is 9.21 Å². The van der Waals surface area contributed by atoms with E-state index in [4.69, 9.17) is 4.42 Å². The van der Waals surface area contributed by atoms with Crippen LogP contribution in [-0.2, 0) is 11.3 Å². The minimum Gasteiger partial charge on any atom is -0.463 e. The number of carbonyl (C=O) groups excluding carboxylic acids is 1. The Morgan fingerprint density at radius 1 is 1.26 bits per heavy atom. The standard InChI is InChI=1S/C15H14N2O2/c1-11-5-2-3-6-12(11)10-17-15(18)9-13(16-17)14-7-4-8-19-14/h2-8H,9-10H2,1H3. The molecule has 0 atom stereocenters. The summed E-state index contributed by atoms with van der Waals surface area (Å²) in [6.07, 6.45) is 1.89. The lowest BCUT2D eigenvalue weighted by Gasteiger charge is -2.13. The van der Waals surface area contributed by atoms with Gasteiger partial charge in [-0.05, 0) is 30.2 Å². The summed E-state index contributed by atoms with van der Waals surface area (Å²) in [5.74, 6) is 0.676. The average Bonchev–Trinajstić information content (AvgIpc) is 3.02. The molecule has 3 rings (SSSR count). The molecule has 1 aromatic heterocycles. The number of carbonyl (C=O) groups is 1. The zero-order chi connectivity index (χ0) is 13.2. The molecule has 19 heavy (non-hydrogen) atoms. The Morgan fingerprint density at radius 2 is 2.11 bits per heavy atom. The van der Waals surface area contributed by atoms with Crippen molar-refractivity contribution in [1.29, 1.82) is 0 Å². The molecule has 0 N–H and O–H groups in total. The molecule has 4 heteroatoms. The minimum absolute atomic E-state index is 0.00894. The van der Waals surface area contributed by atoms with Gasteiger partial charge in [-0.2, -0.15) is 5.10 Å². The van der Waals surface area contributed by atoms with Crippen LogP contribution in [0.25, 0.3) is 0 Å². The number of aryl methyl sites for hydroxylation is 1. The van der Waals surface area contributed by atoms with Crippen LogP contribution < -0.4 is 0 Å². The van der Waals surface area contributed by atoms with Crippen molar-refractivity contribution in [2.24, 2.45) is 5.10 Å². The monoisotopic (exact) mass is 254 g/mol. The quantitative estimate of drug-likeness (QED) is 0.845. The van der Waals surface area contributed by atoms with Crippen LogP contribution in [0, 0.1) is 6.92 Å². The molecule has 96 valence electrons. The zero-order valence-corrected chi connectivity index (χ0v) is 10.7. The number of benzene rings is 1. The number of hydrazone groups is 1. The molecule has 0 unspecified atom stereocenters. The van der Waals surface area contributed by atoms with Crippen LogP contribution in [0.1, 0.15) is 23.3 Å². The highest BCUT2D eigenvalue weighted by molar-refractivity contribution is 6.12. The number of amides is 1. The minimum atomic E-state index is 0.00894. The van der Waals surface area contributed by atoms with E-state index in [1.165, 1.54) is 5.01 Å². The molecule has 1 aliphatic heterocycles. The lowest BCUT2D eigenvalue weighted by atomic mass is 10.1. The maximum absolute atomic E-state index is 12.0. The fourth-order valence-corrected chi connectivity index (χ4v) is 2.12. The molecule has 2 aromatic rings. The summed E-state index contributed by atoms with van der Waals surface area (Å²) in [5, 5.41) is 5.87. The molecule has 2 heterocycles. The normalized spacial score (nSPS) is 14.9. The van der Waals surface area contributed by atoms with Crippen LogP contribution in [0.2, 0.25) is 0 Å². The Morgan fingerprint density at radius 3 is 2.84 bits per heavy atom. The van der Waals surface area contributed by atoms with Gasteiger partial charge in [-0.3, -0.25) is 4.79 Å². The van der Waals surface area contributed by atoms with E-state index in [-0.39, 0.29) is 5.91 Å². The molecule has 4 nitrogen and oxygen atoms in total. The number of nitrogens with zero attached hydrogens (tertiary/aromatic N) is 2. The Labute approximate surface area is 111 Å². The first-order valence-corrected chi connectivity index (χ1v) is 6.20. The number of furan rings is 1. The van der Waals surface area contributed by atoms with E-state index in [0.717, 1.165) is 11.1 Å². The summed E-state index contributed by atoms with van der Waals surface area (Å²) in [5.41, 5.74) is 2.97. The summed E-state index contributed by atoms with van der Waals surface area (Å²) >= 11 is 0. The van der Waals surface area contributed by atoms with Gasteiger partial charge < -0.3 is 4.42 Å². The first-order valence-electron chi connectivity index (χ1n) is 6.20. The van der Waals surface area contributed by atoms with Gasteiger partial charge in [0, 0.05) is 0 Å². The third-order valence-corrected chi connectivity index (χ3v) is 3.23. The smallest absolute Gasteiger partial charge is 0.249 e. The summed E-state index contributed by atoms with van der Waals surface area (Å²) in [6.45, 7) is 2.54. The van der Waals surface area contributed by atoms with Gasteiger partial charge in [-0.25, -0.2) is 5.01 Å². The van der Waals surface area contributed by atoms with Gasteiger partial charge in [0.15, 0.2) is 0 Å². The number of hydrogen-bond acceptors (Lipinski definition) is 3. The van der Waals surface area contributed by atoms with Crippen molar-refractivity contribution in [1.82, 2.24) is 5.01 Å². The largest absolute Gasteiger partial charge is 0.463 e. The van der Waals surface area contributed by atoms with E-state index in [1.54, 1.807) is 12.3 Å². The first kappa shape index (κ1) is 11.7. The van der Waals surface area contributed by atoms with E-state index in [1.807, 2.05) is 37.3 Å². The van der Waals surface area contributed by atoms with Crippen molar-refractivity contribution in [3.63, 3.8) is 0 Å². The molecule has 0 fully saturated rings. The molecular weight excluding hydrogens is 240 g/mol. The Kier molecular flexibility index (Phi) is 2.91. The van der Waals surface area contributed by atoms with Gasteiger partial charge in [-0.15, -0.1) is 0 Å². The van der Waals surface area contributed by atoms with Gasteiger partial charge in [0.25, 0.3) is 0 Å². The van der Waals surface area contributed by atoms with Crippen LogP contribution in [0.4, 0.5) is 0 Å². The molecule has 1 amide bonds. The van der Waals surface area contributed by atoms with Crippen molar-refractivity contribution >= 4 is 11.6 Å². The molecule has 0 radical (unpaired) electrons. The van der Waals surface area contributed by atoms with Crippen LogP contribution in [0.15, 0.2) is 52.2 Å². The highest BCUT2D eigenvalue weighted by Gasteiger charge is 2.26. The van der Waals surface area contributed by atoms with E-state index < -0.39 is 0 Å². The zero-order valence-electron chi connectivity index (χ0n) is 10.7. The molecular formula is C15H14N2O2. The maximum atomic E-state index is 12.0. The molecule has 0 saturated carbocycles. The SMILES string of the molecule is Cc1ccccc1CN1N=C(c2ccco2)CC1=O. The molecule has 1 aliphatic rings.